The molecule has 0 N–H and O–H groups in total. The average Bonchev–Trinajstić information content (AvgIpc) is 3.29. The number of carbonyl (C=O) groups excluding carboxylic acids is 1. The van der Waals surface area contributed by atoms with Crippen molar-refractivity contribution in [1.29, 1.82) is 0 Å². The second-order valence-electron chi connectivity index (χ2n) is 11.6. The van der Waals surface area contributed by atoms with Crippen molar-refractivity contribution in [3.8, 4) is 0 Å². The SMILES string of the molecule is C=C1c2cc(C3CCN(C(=O)OC(C)(C)C)CC3)ccc2CN1C1C2C(OC)=C(n3cnc(C)c3)C=CI21. The first-order valence-electron chi connectivity index (χ1n) is 13.3. The first-order valence-corrected chi connectivity index (χ1v) is 17.1. The normalized spacial score (nSPS) is 24.0. The van der Waals surface area contributed by atoms with E-state index in [2.05, 4.69) is 55.6 Å². The first-order chi connectivity index (χ1) is 18.1. The maximum atomic E-state index is 12.5. The molecule has 2 atom stereocenters. The van der Waals surface area contributed by atoms with Crippen LogP contribution in [0.4, 0.5) is 4.79 Å². The van der Waals surface area contributed by atoms with Crippen molar-refractivity contribution in [3.63, 3.8) is 0 Å². The summed E-state index contributed by atoms with van der Waals surface area (Å²) in [5.74, 6) is 1.55. The Morgan fingerprint density at radius 2 is 1.97 bits per heavy atom. The second kappa shape index (κ2) is 9.47. The summed E-state index contributed by atoms with van der Waals surface area (Å²) in [5, 5.41) is 0. The zero-order valence-corrected chi connectivity index (χ0v) is 25.1. The van der Waals surface area contributed by atoms with E-state index in [1.165, 1.54) is 16.7 Å². The minimum atomic E-state index is -1.35. The zero-order valence-electron chi connectivity index (χ0n) is 22.9. The number of hydrogen-bond donors (Lipinski definition) is 0. The van der Waals surface area contributed by atoms with Gasteiger partial charge in [0.2, 0.25) is 0 Å². The van der Waals surface area contributed by atoms with Crippen molar-refractivity contribution < 1.29 is 14.3 Å². The van der Waals surface area contributed by atoms with Crippen LogP contribution in [-0.4, -0.2) is 59.2 Å². The Labute approximate surface area is 232 Å². The molecule has 5 heterocycles. The van der Waals surface area contributed by atoms with Gasteiger partial charge in [0.25, 0.3) is 0 Å². The fourth-order valence-corrected chi connectivity index (χ4v) is 12.9. The fourth-order valence-electron chi connectivity index (χ4n) is 5.87. The van der Waals surface area contributed by atoms with E-state index < -0.39 is 25.4 Å². The number of fused-ring (bicyclic) bond motifs is 2. The molecule has 7 nitrogen and oxygen atoms in total. The van der Waals surface area contributed by atoms with Gasteiger partial charge in [0, 0.05) is 0 Å². The first kappa shape index (κ1) is 25.5. The number of hydrogen-bond acceptors (Lipinski definition) is 5. The molecule has 8 heteroatoms. The van der Waals surface area contributed by atoms with Gasteiger partial charge in [-0.05, 0) is 20.8 Å². The van der Waals surface area contributed by atoms with Gasteiger partial charge in [-0.25, -0.2) is 0 Å². The molecule has 0 spiro atoms. The van der Waals surface area contributed by atoms with Crippen molar-refractivity contribution in [2.24, 2.45) is 0 Å². The quantitative estimate of drug-likeness (QED) is 0.225. The van der Waals surface area contributed by atoms with Crippen LogP contribution >= 0.6 is 19.8 Å². The fraction of sp³-hybridized carbons (Fsp3) is 0.467. The third kappa shape index (κ3) is 4.54. The van der Waals surface area contributed by atoms with E-state index in [1.807, 2.05) is 38.9 Å². The Hall–Kier alpha value is -2.75. The van der Waals surface area contributed by atoms with Crippen molar-refractivity contribution in [2.45, 2.75) is 66.6 Å². The van der Waals surface area contributed by atoms with E-state index in [0.717, 1.165) is 55.3 Å². The Morgan fingerprint density at radius 3 is 2.63 bits per heavy atom. The van der Waals surface area contributed by atoms with E-state index >= 15 is 0 Å². The molecule has 6 rings (SSSR count). The number of likely N-dealkylation sites (tertiary alicyclic amines) is 1. The number of aromatic nitrogens is 2. The second-order valence-corrected chi connectivity index (χ2v) is 17.0. The molecule has 38 heavy (non-hydrogen) atoms. The molecule has 4 aliphatic heterocycles. The van der Waals surface area contributed by atoms with Crippen LogP contribution in [-0.2, 0) is 16.0 Å². The number of ether oxygens (including phenoxy) is 2. The van der Waals surface area contributed by atoms with Crippen LogP contribution < -0.4 is 0 Å². The van der Waals surface area contributed by atoms with Gasteiger partial charge in [-0.1, -0.05) is 0 Å². The zero-order chi connectivity index (χ0) is 26.8. The van der Waals surface area contributed by atoms with Crippen LogP contribution in [0.25, 0.3) is 11.4 Å². The number of piperidine rings is 1. The number of rotatable bonds is 4. The molecule has 0 saturated carbocycles. The number of benzene rings is 1. The number of allylic oxidation sites excluding steroid dienone is 2. The Kier molecular flexibility index (Phi) is 6.36. The van der Waals surface area contributed by atoms with Crippen molar-refractivity contribution in [2.75, 3.05) is 20.2 Å². The molecule has 0 bridgehead atoms. The van der Waals surface area contributed by atoms with Gasteiger partial charge in [0.15, 0.2) is 0 Å². The van der Waals surface area contributed by atoms with E-state index in [-0.39, 0.29) is 6.09 Å². The molecule has 0 aliphatic carbocycles. The van der Waals surface area contributed by atoms with Crippen LogP contribution in [0.1, 0.15) is 61.9 Å². The standard InChI is InChI=1S/C30H37IN4O3/c1-19-16-34(18-32-19)25-9-12-31-26(27(25)37-6)28(31)35-17-23-8-7-22(15-24(23)20(35)2)21-10-13-33(14-11-21)29(36)38-30(3,4)5/h7-9,12,15-16,18,21,26,28H,2,10-11,13-14,17H2,1,3-6H3. The summed E-state index contributed by atoms with van der Waals surface area (Å²) in [4.78, 5) is 21.3. The van der Waals surface area contributed by atoms with Crippen molar-refractivity contribution in [1.82, 2.24) is 19.4 Å². The summed E-state index contributed by atoms with van der Waals surface area (Å²) in [5.41, 5.74) is 6.81. The van der Waals surface area contributed by atoms with Gasteiger partial charge >= 0.3 is 207 Å². The molecule has 202 valence electrons. The van der Waals surface area contributed by atoms with E-state index in [9.17, 15) is 4.79 Å². The molecule has 1 aromatic heterocycles. The number of nitrogens with zero attached hydrogens (tertiary/aromatic N) is 4. The van der Waals surface area contributed by atoms with Gasteiger partial charge in [-0.2, -0.15) is 0 Å². The molecule has 2 aromatic rings. The third-order valence-electron chi connectivity index (χ3n) is 7.83. The predicted octanol–water partition coefficient (Wildman–Crippen LogP) is 6.35. The van der Waals surface area contributed by atoms with Crippen molar-refractivity contribution >= 4 is 37.3 Å². The number of carbonyl (C=O) groups is 1. The van der Waals surface area contributed by atoms with E-state index in [1.54, 1.807) is 7.11 Å². The molecule has 2 unspecified atom stereocenters. The molecule has 4 aliphatic rings. The summed E-state index contributed by atoms with van der Waals surface area (Å²) in [6, 6.07) is 6.96. The molecule has 2 saturated heterocycles. The van der Waals surface area contributed by atoms with Crippen LogP contribution in [0.15, 0.2) is 53.2 Å². The number of amides is 1. The summed E-state index contributed by atoms with van der Waals surface area (Å²) < 4.78 is 17.1. The Balaban J connectivity index is 1.14. The van der Waals surface area contributed by atoms with Gasteiger partial charge in [0.05, 0.1) is 0 Å². The number of aryl methyl sites for hydroxylation is 1. The summed E-state index contributed by atoms with van der Waals surface area (Å²) in [6.45, 7) is 14.7. The molecule has 1 aromatic carbocycles. The van der Waals surface area contributed by atoms with Crippen LogP contribution in [0, 0.1) is 6.92 Å². The van der Waals surface area contributed by atoms with E-state index in [0.29, 0.717) is 13.9 Å². The van der Waals surface area contributed by atoms with Gasteiger partial charge in [-0.15, -0.1) is 0 Å². The molecular weight excluding hydrogens is 591 g/mol. The van der Waals surface area contributed by atoms with Crippen molar-refractivity contribution in [3.05, 3.63) is 75.6 Å². The molecule has 2 fully saturated rings. The molecule has 1 amide bonds. The van der Waals surface area contributed by atoms with Crippen LogP contribution in [0.3, 0.4) is 0 Å². The Bertz CT molecular complexity index is 1350. The minimum absolute atomic E-state index is 0.200. The average molecular weight is 629 g/mol. The Morgan fingerprint density at radius 1 is 1.21 bits per heavy atom. The van der Waals surface area contributed by atoms with E-state index in [4.69, 9.17) is 9.47 Å². The summed E-state index contributed by atoms with van der Waals surface area (Å²) in [7, 11) is 1.80. The van der Waals surface area contributed by atoms with Crippen LogP contribution in [0.2, 0.25) is 0 Å². The topological polar surface area (TPSA) is 59.8 Å². The van der Waals surface area contributed by atoms with Crippen LogP contribution in [0.5, 0.6) is 0 Å². The van der Waals surface area contributed by atoms with Gasteiger partial charge in [0.1, 0.15) is 5.60 Å². The third-order valence-corrected chi connectivity index (χ3v) is 13.9. The number of halogens is 1. The maximum absolute atomic E-state index is 12.5. The number of imidazole rings is 1. The van der Waals surface area contributed by atoms with Gasteiger partial charge < -0.3 is 0 Å². The summed E-state index contributed by atoms with van der Waals surface area (Å²) in [6.07, 6.45) is 7.89. The monoisotopic (exact) mass is 628 g/mol. The number of methoxy groups -OCH3 is 1. The summed E-state index contributed by atoms with van der Waals surface area (Å²) >= 11 is -1.35. The number of alkyl halides is 2. The molecular formula is C30H37IN4O3. The predicted molar refractivity (Wildman–Crippen MR) is 159 cm³/mol. The molecule has 0 radical (unpaired) electrons. The van der Waals surface area contributed by atoms with Gasteiger partial charge in [-0.3, -0.25) is 0 Å².